The van der Waals surface area contributed by atoms with Crippen molar-refractivity contribution in [2.45, 2.75) is 24.4 Å². The fourth-order valence-corrected chi connectivity index (χ4v) is 4.31. The normalized spacial score (nSPS) is 12.0. The molecule has 158 valence electrons. The summed E-state index contributed by atoms with van der Waals surface area (Å²) in [5.41, 5.74) is 0.735. The number of alkyl halides is 3. The number of halogens is 3. The van der Waals surface area contributed by atoms with Gasteiger partial charge < -0.3 is 5.32 Å². The van der Waals surface area contributed by atoms with Crippen molar-refractivity contribution in [3.05, 3.63) is 65.2 Å². The van der Waals surface area contributed by atoms with Gasteiger partial charge in [-0.15, -0.1) is 11.3 Å². The molecule has 0 unspecified atom stereocenters. The van der Waals surface area contributed by atoms with Gasteiger partial charge in [-0.2, -0.15) is 13.2 Å². The lowest BCUT2D eigenvalue weighted by Gasteiger charge is -2.06. The van der Waals surface area contributed by atoms with Gasteiger partial charge in [-0.3, -0.25) is 4.79 Å². The molecule has 0 bridgehead atoms. The van der Waals surface area contributed by atoms with Gasteiger partial charge in [0.15, 0.2) is 9.84 Å². The quantitative estimate of drug-likeness (QED) is 0.580. The number of rotatable bonds is 6. The van der Waals surface area contributed by atoms with Crippen LogP contribution < -0.4 is 5.32 Å². The summed E-state index contributed by atoms with van der Waals surface area (Å²) in [6, 6.07) is 10.6. The van der Waals surface area contributed by atoms with Crippen LogP contribution in [0.1, 0.15) is 18.2 Å². The summed E-state index contributed by atoms with van der Waals surface area (Å²) in [6.45, 7) is 1.55. The van der Waals surface area contributed by atoms with E-state index in [0.29, 0.717) is 22.0 Å². The number of nitrogens with one attached hydrogen (secondary N) is 1. The molecule has 0 saturated carbocycles. The van der Waals surface area contributed by atoms with Crippen molar-refractivity contribution in [1.82, 2.24) is 4.98 Å². The molecule has 1 heterocycles. The standard InChI is InChI=1S/C20H17F3N2O3S2/c1-2-30(27,28)17-9-7-15(8-10-17)24-18(26)11-16-12-29-19(25-16)13-3-5-14(6-4-13)20(21,22)23/h3-10,12H,2,11H2,1H3,(H,24,26). The van der Waals surface area contributed by atoms with Crippen LogP contribution in [0.5, 0.6) is 0 Å². The van der Waals surface area contributed by atoms with E-state index in [1.165, 1.54) is 47.7 Å². The molecule has 0 aliphatic heterocycles. The maximum absolute atomic E-state index is 12.7. The summed E-state index contributed by atoms with van der Waals surface area (Å²) in [6.07, 6.45) is -4.42. The minimum Gasteiger partial charge on any atom is -0.326 e. The molecule has 0 spiro atoms. The number of hydrogen-bond acceptors (Lipinski definition) is 5. The Hall–Kier alpha value is -2.72. The fourth-order valence-electron chi connectivity index (χ4n) is 2.60. The topological polar surface area (TPSA) is 76.1 Å². The number of sulfone groups is 1. The van der Waals surface area contributed by atoms with Gasteiger partial charge in [0.25, 0.3) is 0 Å². The summed E-state index contributed by atoms with van der Waals surface area (Å²) in [5, 5.41) is 4.85. The highest BCUT2D eigenvalue weighted by molar-refractivity contribution is 7.91. The lowest BCUT2D eigenvalue weighted by atomic mass is 10.1. The molecule has 3 aromatic rings. The Bertz CT molecular complexity index is 1140. The monoisotopic (exact) mass is 454 g/mol. The minimum absolute atomic E-state index is 0.0101. The molecule has 30 heavy (non-hydrogen) atoms. The molecule has 0 aliphatic carbocycles. The van der Waals surface area contributed by atoms with Crippen molar-refractivity contribution >= 4 is 32.8 Å². The van der Waals surface area contributed by atoms with E-state index in [1.54, 1.807) is 12.3 Å². The third kappa shape index (κ3) is 5.25. The smallest absolute Gasteiger partial charge is 0.326 e. The highest BCUT2D eigenvalue weighted by atomic mass is 32.2. The number of amides is 1. The molecule has 1 N–H and O–H groups in total. The van der Waals surface area contributed by atoms with E-state index in [0.717, 1.165) is 12.1 Å². The van der Waals surface area contributed by atoms with Crippen LogP contribution in [0.25, 0.3) is 10.6 Å². The molecule has 0 fully saturated rings. The first kappa shape index (κ1) is 22.0. The highest BCUT2D eigenvalue weighted by Crippen LogP contribution is 2.31. The fraction of sp³-hybridized carbons (Fsp3) is 0.200. The zero-order valence-corrected chi connectivity index (χ0v) is 17.4. The molecule has 0 atom stereocenters. The Kier molecular flexibility index (Phi) is 6.27. The average Bonchev–Trinajstić information content (AvgIpc) is 3.16. The molecule has 1 amide bonds. The molecule has 0 aliphatic rings. The van der Waals surface area contributed by atoms with E-state index >= 15 is 0 Å². The summed E-state index contributed by atoms with van der Waals surface area (Å²) < 4.78 is 61.6. The second kappa shape index (κ2) is 8.57. The number of aromatic nitrogens is 1. The number of benzene rings is 2. The van der Waals surface area contributed by atoms with E-state index in [9.17, 15) is 26.4 Å². The summed E-state index contributed by atoms with van der Waals surface area (Å²) in [7, 11) is -3.31. The molecule has 2 aromatic carbocycles. The number of anilines is 1. The van der Waals surface area contributed by atoms with Gasteiger partial charge in [0.1, 0.15) is 5.01 Å². The SMILES string of the molecule is CCS(=O)(=O)c1ccc(NC(=O)Cc2csc(-c3ccc(C(F)(F)F)cc3)n2)cc1. The van der Waals surface area contributed by atoms with Crippen molar-refractivity contribution in [2.24, 2.45) is 0 Å². The number of hydrogen-bond donors (Lipinski definition) is 1. The Balaban J connectivity index is 1.64. The van der Waals surface area contributed by atoms with Crippen LogP contribution in [0.3, 0.4) is 0 Å². The maximum Gasteiger partial charge on any atom is 0.416 e. The van der Waals surface area contributed by atoms with Crippen LogP contribution in [0.2, 0.25) is 0 Å². The van der Waals surface area contributed by atoms with E-state index in [-0.39, 0.29) is 23.0 Å². The highest BCUT2D eigenvalue weighted by Gasteiger charge is 2.30. The average molecular weight is 454 g/mol. The minimum atomic E-state index is -4.40. The number of thiazole rings is 1. The number of carbonyl (C=O) groups excluding carboxylic acids is 1. The molecule has 0 radical (unpaired) electrons. The van der Waals surface area contributed by atoms with Crippen LogP contribution in [-0.2, 0) is 27.2 Å². The zero-order chi connectivity index (χ0) is 21.9. The predicted octanol–water partition coefficient (Wildman–Crippen LogP) is 4.80. The molecular weight excluding hydrogens is 437 g/mol. The first-order valence-corrected chi connectivity index (χ1v) is 11.4. The van der Waals surface area contributed by atoms with E-state index in [2.05, 4.69) is 10.3 Å². The van der Waals surface area contributed by atoms with Crippen LogP contribution >= 0.6 is 11.3 Å². The Morgan fingerprint density at radius 3 is 2.27 bits per heavy atom. The maximum atomic E-state index is 12.7. The summed E-state index contributed by atoms with van der Waals surface area (Å²) in [4.78, 5) is 16.7. The van der Waals surface area contributed by atoms with Crippen LogP contribution in [-0.4, -0.2) is 25.1 Å². The van der Waals surface area contributed by atoms with Crippen LogP contribution in [0.15, 0.2) is 58.8 Å². The van der Waals surface area contributed by atoms with Gasteiger partial charge in [0.2, 0.25) is 5.91 Å². The first-order chi connectivity index (χ1) is 14.1. The zero-order valence-electron chi connectivity index (χ0n) is 15.7. The van der Waals surface area contributed by atoms with E-state index in [1.807, 2.05) is 0 Å². The summed E-state index contributed by atoms with van der Waals surface area (Å²) >= 11 is 1.23. The van der Waals surface area contributed by atoms with Gasteiger partial charge in [0.05, 0.1) is 28.3 Å². The molecule has 1 aromatic heterocycles. The lowest BCUT2D eigenvalue weighted by Crippen LogP contribution is -2.14. The van der Waals surface area contributed by atoms with E-state index in [4.69, 9.17) is 0 Å². The third-order valence-corrected chi connectivity index (χ3v) is 6.92. The lowest BCUT2D eigenvalue weighted by molar-refractivity contribution is -0.137. The van der Waals surface area contributed by atoms with Gasteiger partial charge in [-0.05, 0) is 36.4 Å². The van der Waals surface area contributed by atoms with Crippen molar-refractivity contribution in [2.75, 3.05) is 11.1 Å². The molecular formula is C20H17F3N2O3S2. The van der Waals surface area contributed by atoms with Crippen LogP contribution in [0.4, 0.5) is 18.9 Å². The summed E-state index contributed by atoms with van der Waals surface area (Å²) in [5.74, 6) is -0.352. The molecule has 0 saturated heterocycles. The number of carbonyl (C=O) groups is 1. The molecule has 5 nitrogen and oxygen atoms in total. The molecule has 3 rings (SSSR count). The van der Waals surface area contributed by atoms with Crippen molar-refractivity contribution in [3.8, 4) is 10.6 Å². The molecule has 10 heteroatoms. The Morgan fingerprint density at radius 1 is 1.07 bits per heavy atom. The first-order valence-electron chi connectivity index (χ1n) is 8.83. The van der Waals surface area contributed by atoms with Gasteiger partial charge in [0, 0.05) is 16.6 Å². The second-order valence-corrected chi connectivity index (χ2v) is 9.51. The number of nitrogens with zero attached hydrogens (tertiary/aromatic N) is 1. The Labute approximate surface area is 175 Å². The van der Waals surface area contributed by atoms with Gasteiger partial charge >= 0.3 is 6.18 Å². The van der Waals surface area contributed by atoms with Crippen molar-refractivity contribution in [3.63, 3.8) is 0 Å². The van der Waals surface area contributed by atoms with E-state index < -0.39 is 21.6 Å². The second-order valence-electron chi connectivity index (χ2n) is 6.37. The predicted molar refractivity (Wildman–Crippen MR) is 109 cm³/mol. The van der Waals surface area contributed by atoms with Crippen molar-refractivity contribution < 1.29 is 26.4 Å². The third-order valence-electron chi connectivity index (χ3n) is 4.23. The van der Waals surface area contributed by atoms with Crippen molar-refractivity contribution in [1.29, 1.82) is 0 Å². The largest absolute Gasteiger partial charge is 0.416 e. The van der Waals surface area contributed by atoms with Gasteiger partial charge in [-0.1, -0.05) is 19.1 Å². The Morgan fingerprint density at radius 2 is 1.70 bits per heavy atom. The van der Waals surface area contributed by atoms with Gasteiger partial charge in [-0.25, -0.2) is 13.4 Å². The van der Waals surface area contributed by atoms with Crippen LogP contribution in [0, 0.1) is 0 Å².